The van der Waals surface area contributed by atoms with Crippen LogP contribution in [-0.4, -0.2) is 24.9 Å². The fourth-order valence-electron chi connectivity index (χ4n) is 2.85. The van der Waals surface area contributed by atoms with Crippen LogP contribution < -0.4 is 4.90 Å². The Bertz CT molecular complexity index is 580. The van der Waals surface area contributed by atoms with E-state index >= 15 is 0 Å². The normalized spacial score (nSPS) is 22.0. The van der Waals surface area contributed by atoms with Crippen LogP contribution in [0.1, 0.15) is 42.3 Å². The second kappa shape index (κ2) is 7.50. The van der Waals surface area contributed by atoms with Crippen molar-refractivity contribution in [2.45, 2.75) is 38.8 Å². The highest BCUT2D eigenvalue weighted by molar-refractivity contribution is 14.1. The van der Waals surface area contributed by atoms with E-state index < -0.39 is 24.5 Å². The van der Waals surface area contributed by atoms with E-state index in [4.69, 9.17) is 0 Å². The number of carbonyl (C=O) groups is 2. The Morgan fingerprint density at radius 1 is 1.39 bits per heavy atom. The second-order valence-corrected chi connectivity index (χ2v) is 8.89. The van der Waals surface area contributed by atoms with Gasteiger partial charge in [0.25, 0.3) is 0 Å². The Balaban J connectivity index is 2.30. The zero-order valence-electron chi connectivity index (χ0n) is 12.5. The zero-order valence-corrected chi connectivity index (χ0v) is 15.5. The molecule has 3 nitrogen and oxygen atoms in total. The number of thiophene rings is 1. The van der Waals surface area contributed by atoms with Crippen molar-refractivity contribution in [3.05, 3.63) is 13.8 Å². The van der Waals surface area contributed by atoms with Gasteiger partial charge in [-0.1, -0.05) is 6.92 Å². The fourth-order valence-corrected chi connectivity index (χ4v) is 4.56. The van der Waals surface area contributed by atoms with Crippen molar-refractivity contribution in [2.24, 2.45) is 11.8 Å². The molecular weight excluding hydrogens is 442 g/mol. The maximum Gasteiger partial charge on any atom is 0.406 e. The second-order valence-electron chi connectivity index (χ2n) is 5.91. The smallest absolute Gasteiger partial charge is 0.301 e. The summed E-state index contributed by atoms with van der Waals surface area (Å²) in [5.41, 5.74) is 0.0790. The topological polar surface area (TPSA) is 37.4 Å². The molecule has 128 valence electrons. The molecule has 0 saturated heterocycles. The van der Waals surface area contributed by atoms with E-state index in [-0.39, 0.29) is 10.6 Å². The molecule has 1 aliphatic rings. The molecule has 0 N–H and O–H groups in total. The molecule has 1 saturated carbocycles. The molecule has 1 aliphatic carbocycles. The Morgan fingerprint density at radius 3 is 2.52 bits per heavy atom. The highest BCUT2D eigenvalue weighted by Crippen LogP contribution is 2.36. The van der Waals surface area contributed by atoms with Gasteiger partial charge in [-0.05, 0) is 60.3 Å². The zero-order chi connectivity index (χ0) is 17.2. The maximum atomic E-state index is 12.9. The van der Waals surface area contributed by atoms with Crippen molar-refractivity contribution in [3.63, 3.8) is 0 Å². The van der Waals surface area contributed by atoms with E-state index in [1.165, 1.54) is 6.07 Å². The summed E-state index contributed by atoms with van der Waals surface area (Å²) < 4.78 is 39.5. The van der Waals surface area contributed by atoms with Crippen molar-refractivity contribution in [1.82, 2.24) is 0 Å². The SMILES string of the molecule is CC1CCC(C(=O)N(CC(F)(F)F)c2cc(I)sc2C=O)CC1. The number of aldehydes is 1. The molecule has 23 heavy (non-hydrogen) atoms. The highest BCUT2D eigenvalue weighted by atomic mass is 127. The van der Waals surface area contributed by atoms with Gasteiger partial charge in [0.2, 0.25) is 5.91 Å². The summed E-state index contributed by atoms with van der Waals surface area (Å²) in [4.78, 5) is 24.7. The van der Waals surface area contributed by atoms with E-state index in [9.17, 15) is 22.8 Å². The Hall–Kier alpha value is -0.640. The molecular formula is C15H17F3INO2S. The lowest BCUT2D eigenvalue weighted by Crippen LogP contribution is -2.43. The van der Waals surface area contributed by atoms with Gasteiger partial charge in [0.15, 0.2) is 6.29 Å². The van der Waals surface area contributed by atoms with Gasteiger partial charge in [-0.3, -0.25) is 9.59 Å². The maximum absolute atomic E-state index is 12.9. The van der Waals surface area contributed by atoms with Crippen LogP contribution in [0, 0.1) is 14.7 Å². The minimum atomic E-state index is -4.51. The number of hydrogen-bond donors (Lipinski definition) is 0. The first kappa shape index (κ1) is 18.7. The molecule has 1 heterocycles. The number of carbonyl (C=O) groups excluding carboxylic acids is 2. The third-order valence-corrected chi connectivity index (χ3v) is 5.89. The van der Waals surface area contributed by atoms with Crippen LogP contribution in [0.3, 0.4) is 0 Å². The van der Waals surface area contributed by atoms with Crippen molar-refractivity contribution < 1.29 is 22.8 Å². The van der Waals surface area contributed by atoms with Gasteiger partial charge in [-0.15, -0.1) is 11.3 Å². The molecule has 0 unspecified atom stereocenters. The summed E-state index contributed by atoms with van der Waals surface area (Å²) in [6.07, 6.45) is -1.10. The van der Waals surface area contributed by atoms with Gasteiger partial charge in [-0.25, -0.2) is 0 Å². The van der Waals surface area contributed by atoms with E-state index in [2.05, 4.69) is 6.92 Å². The predicted octanol–water partition coefficient (Wildman–Crippen LogP) is 4.89. The van der Waals surface area contributed by atoms with Crippen molar-refractivity contribution in [1.29, 1.82) is 0 Å². The van der Waals surface area contributed by atoms with Gasteiger partial charge in [0.05, 0.1) is 13.4 Å². The first-order valence-electron chi connectivity index (χ1n) is 7.34. The van der Waals surface area contributed by atoms with Crippen LogP contribution in [0.5, 0.6) is 0 Å². The Kier molecular flexibility index (Phi) is 6.10. The molecule has 1 aromatic heterocycles. The van der Waals surface area contributed by atoms with E-state index in [0.717, 1.165) is 29.1 Å². The predicted molar refractivity (Wildman–Crippen MR) is 92.0 cm³/mol. The number of alkyl halides is 3. The number of amides is 1. The minimum Gasteiger partial charge on any atom is -0.301 e. The average molecular weight is 459 g/mol. The molecule has 2 rings (SSSR count). The monoisotopic (exact) mass is 459 g/mol. The Morgan fingerprint density at radius 2 is 2.00 bits per heavy atom. The van der Waals surface area contributed by atoms with E-state index in [0.29, 0.717) is 27.9 Å². The van der Waals surface area contributed by atoms with Crippen LogP contribution >= 0.6 is 33.9 Å². The summed E-state index contributed by atoms with van der Waals surface area (Å²) in [6, 6.07) is 1.48. The molecule has 1 aromatic rings. The van der Waals surface area contributed by atoms with E-state index in [1.54, 1.807) is 0 Å². The minimum absolute atomic E-state index is 0.0790. The van der Waals surface area contributed by atoms with Crippen molar-refractivity contribution in [2.75, 3.05) is 11.4 Å². The van der Waals surface area contributed by atoms with Crippen LogP contribution in [-0.2, 0) is 4.79 Å². The first-order chi connectivity index (χ1) is 10.7. The Labute approximate surface area is 150 Å². The van der Waals surface area contributed by atoms with Crippen LogP contribution in [0.2, 0.25) is 0 Å². The molecule has 0 aliphatic heterocycles. The summed E-state index contributed by atoms with van der Waals surface area (Å²) in [5, 5.41) is 0. The van der Waals surface area contributed by atoms with Crippen molar-refractivity contribution in [3.8, 4) is 0 Å². The lowest BCUT2D eigenvalue weighted by atomic mass is 9.82. The number of rotatable bonds is 4. The van der Waals surface area contributed by atoms with Crippen LogP contribution in [0.25, 0.3) is 0 Å². The molecule has 8 heteroatoms. The summed E-state index contributed by atoms with van der Waals surface area (Å²) in [7, 11) is 0. The van der Waals surface area contributed by atoms with Gasteiger partial charge < -0.3 is 4.90 Å². The molecule has 0 spiro atoms. The summed E-state index contributed by atoms with van der Waals surface area (Å²) in [5.74, 6) is -0.417. The molecule has 1 fully saturated rings. The first-order valence-corrected chi connectivity index (χ1v) is 9.23. The van der Waals surface area contributed by atoms with E-state index in [1.807, 2.05) is 22.6 Å². The number of nitrogens with zero attached hydrogens (tertiary/aromatic N) is 1. The lowest BCUT2D eigenvalue weighted by Gasteiger charge is -2.31. The standard InChI is InChI=1S/C15H17F3INO2S/c1-9-2-4-10(5-3-9)14(22)20(8-15(16,17)18)11-6-13(19)23-12(11)7-21/h6-7,9-10H,2-5,8H2,1H3. The molecule has 0 atom stereocenters. The van der Waals surface area contributed by atoms with Gasteiger partial charge in [0.1, 0.15) is 6.54 Å². The third kappa shape index (κ3) is 4.91. The summed E-state index contributed by atoms with van der Waals surface area (Å²) in [6.45, 7) is 0.728. The molecule has 1 amide bonds. The largest absolute Gasteiger partial charge is 0.406 e. The van der Waals surface area contributed by atoms with Gasteiger partial charge >= 0.3 is 6.18 Å². The quantitative estimate of drug-likeness (QED) is 0.475. The number of hydrogen-bond acceptors (Lipinski definition) is 3. The van der Waals surface area contributed by atoms with Crippen molar-refractivity contribution >= 4 is 51.8 Å². The third-order valence-electron chi connectivity index (χ3n) is 4.08. The van der Waals surface area contributed by atoms with Gasteiger partial charge in [-0.2, -0.15) is 13.2 Å². The van der Waals surface area contributed by atoms with Crippen LogP contribution in [0.4, 0.5) is 18.9 Å². The average Bonchev–Trinajstić information content (AvgIpc) is 2.85. The molecule has 0 bridgehead atoms. The fraction of sp³-hybridized carbons (Fsp3) is 0.600. The molecule has 0 aromatic carbocycles. The highest BCUT2D eigenvalue weighted by Gasteiger charge is 2.38. The summed E-state index contributed by atoms with van der Waals surface area (Å²) >= 11 is 3.03. The van der Waals surface area contributed by atoms with Gasteiger partial charge in [0, 0.05) is 5.92 Å². The number of halogens is 4. The lowest BCUT2D eigenvalue weighted by molar-refractivity contribution is -0.135. The van der Waals surface area contributed by atoms with Crippen LogP contribution in [0.15, 0.2) is 6.07 Å². The molecule has 0 radical (unpaired) electrons. The number of anilines is 1.